The van der Waals surface area contributed by atoms with E-state index in [2.05, 4.69) is 9.88 Å². The van der Waals surface area contributed by atoms with Gasteiger partial charge in [0.25, 0.3) is 5.91 Å². The molecule has 0 spiro atoms. The molecule has 2 aromatic heterocycles. The van der Waals surface area contributed by atoms with Crippen LogP contribution in [0, 0.1) is 0 Å². The van der Waals surface area contributed by atoms with Crippen LogP contribution in [0.5, 0.6) is 5.88 Å². The highest BCUT2D eigenvalue weighted by atomic mass is 32.1. The van der Waals surface area contributed by atoms with E-state index in [4.69, 9.17) is 9.47 Å². The van der Waals surface area contributed by atoms with Gasteiger partial charge in [-0.1, -0.05) is 6.07 Å². The molecule has 1 aliphatic carbocycles. The first kappa shape index (κ1) is 21.2. The molecule has 32 heavy (non-hydrogen) atoms. The lowest BCUT2D eigenvalue weighted by atomic mass is 9.92. The van der Waals surface area contributed by atoms with E-state index in [1.165, 1.54) is 11.3 Å². The number of nitrogens with zero attached hydrogens (tertiary/aromatic N) is 3. The molecular weight excluding hydrogens is 430 g/mol. The van der Waals surface area contributed by atoms with Crippen molar-refractivity contribution in [3.8, 4) is 5.88 Å². The summed E-state index contributed by atoms with van der Waals surface area (Å²) in [4.78, 5) is 46.0. The predicted octanol–water partition coefficient (Wildman–Crippen LogP) is 2.20. The van der Waals surface area contributed by atoms with Crippen LogP contribution in [0.3, 0.4) is 0 Å². The van der Waals surface area contributed by atoms with Gasteiger partial charge in [-0.25, -0.2) is 4.98 Å². The normalized spacial score (nSPS) is 21.8. The number of ketones is 2. The maximum Gasteiger partial charge on any atom is 0.255 e. The van der Waals surface area contributed by atoms with Crippen LogP contribution in [0.2, 0.25) is 0 Å². The standard InChI is InChI=1S/C23H25N3O5S/c27-16-2-3-19(20(28)9-16)26-12-17-18(23(26)29)14-32-21(17)13-31-22-4-1-15(10-24-22)11-25-5-7-30-8-6-25/h1,4,10,14,19H,2-3,5-9,11-13H2/t19-/m0/s1. The SMILES string of the molecule is O=C1CC[C@H](N2Cc3c(csc3COc3ccc(CN4CCOCC4)cn3)C2=O)C(=O)C1. The number of morpholine rings is 1. The molecular formula is C23H25N3O5S. The zero-order valence-corrected chi connectivity index (χ0v) is 18.6. The molecule has 1 atom stereocenters. The molecule has 2 aliphatic heterocycles. The predicted molar refractivity (Wildman–Crippen MR) is 117 cm³/mol. The molecule has 1 saturated heterocycles. The van der Waals surface area contributed by atoms with E-state index in [0.29, 0.717) is 37.4 Å². The Morgan fingerprint density at radius 1 is 1.19 bits per heavy atom. The number of fused-ring (bicyclic) bond motifs is 1. The number of carbonyl (C=O) groups is 3. The Morgan fingerprint density at radius 2 is 2.03 bits per heavy atom. The molecule has 0 unspecified atom stereocenters. The lowest BCUT2D eigenvalue weighted by Gasteiger charge is -2.29. The second-order valence-corrected chi connectivity index (χ2v) is 9.37. The van der Waals surface area contributed by atoms with Gasteiger partial charge in [0.2, 0.25) is 5.88 Å². The molecule has 0 aromatic carbocycles. The first-order chi connectivity index (χ1) is 15.6. The van der Waals surface area contributed by atoms with Gasteiger partial charge in [-0.3, -0.25) is 19.3 Å². The van der Waals surface area contributed by atoms with E-state index in [1.54, 1.807) is 4.90 Å². The zero-order valence-electron chi connectivity index (χ0n) is 17.7. The van der Waals surface area contributed by atoms with E-state index < -0.39 is 6.04 Å². The fraction of sp³-hybridized carbons (Fsp3) is 0.478. The Kier molecular flexibility index (Phi) is 6.03. The Labute approximate surface area is 190 Å². The number of aromatic nitrogens is 1. The summed E-state index contributed by atoms with van der Waals surface area (Å²) < 4.78 is 11.3. The Balaban J connectivity index is 1.19. The number of thiophene rings is 1. The molecule has 1 saturated carbocycles. The zero-order chi connectivity index (χ0) is 22.1. The maximum absolute atomic E-state index is 12.8. The van der Waals surface area contributed by atoms with Crippen LogP contribution in [0.1, 0.15) is 45.6 Å². The lowest BCUT2D eigenvalue weighted by molar-refractivity contribution is -0.133. The molecule has 1 amide bonds. The van der Waals surface area contributed by atoms with E-state index in [-0.39, 0.29) is 23.9 Å². The van der Waals surface area contributed by atoms with Crippen molar-refractivity contribution in [3.63, 3.8) is 0 Å². The molecule has 4 heterocycles. The number of carbonyl (C=O) groups excluding carboxylic acids is 3. The molecule has 9 heteroatoms. The maximum atomic E-state index is 12.8. The summed E-state index contributed by atoms with van der Waals surface area (Å²) >= 11 is 1.49. The number of hydrogen-bond acceptors (Lipinski definition) is 8. The van der Waals surface area contributed by atoms with Crippen LogP contribution in [0.4, 0.5) is 0 Å². The third kappa shape index (κ3) is 4.32. The Morgan fingerprint density at radius 3 is 2.78 bits per heavy atom. The van der Waals surface area contributed by atoms with Gasteiger partial charge in [0, 0.05) is 60.7 Å². The number of amides is 1. The summed E-state index contributed by atoms with van der Waals surface area (Å²) in [6.07, 6.45) is 2.55. The topological polar surface area (TPSA) is 89.0 Å². The van der Waals surface area contributed by atoms with Gasteiger partial charge in [-0.15, -0.1) is 11.3 Å². The number of hydrogen-bond donors (Lipinski definition) is 0. The first-order valence-corrected chi connectivity index (χ1v) is 11.8. The largest absolute Gasteiger partial charge is 0.472 e. The summed E-state index contributed by atoms with van der Waals surface area (Å²) in [5.41, 5.74) is 2.70. The van der Waals surface area contributed by atoms with Crippen LogP contribution >= 0.6 is 11.3 Å². The lowest BCUT2D eigenvalue weighted by Crippen LogP contribution is -2.44. The molecule has 168 valence electrons. The highest BCUT2D eigenvalue weighted by Crippen LogP contribution is 2.35. The van der Waals surface area contributed by atoms with Crippen LogP contribution in [-0.4, -0.2) is 64.6 Å². The minimum absolute atomic E-state index is 0.0374. The third-order valence-electron chi connectivity index (χ3n) is 6.28. The number of ether oxygens (including phenoxy) is 2. The minimum atomic E-state index is -0.493. The van der Waals surface area contributed by atoms with E-state index in [9.17, 15) is 14.4 Å². The fourth-order valence-electron chi connectivity index (χ4n) is 4.48. The monoisotopic (exact) mass is 455 g/mol. The summed E-state index contributed by atoms with van der Waals surface area (Å²) in [5, 5.41) is 1.84. The van der Waals surface area contributed by atoms with Gasteiger partial charge in [0.05, 0.1) is 31.2 Å². The fourth-order valence-corrected chi connectivity index (χ4v) is 5.43. The van der Waals surface area contributed by atoms with Crippen molar-refractivity contribution in [2.75, 3.05) is 26.3 Å². The highest BCUT2D eigenvalue weighted by Gasteiger charge is 2.40. The van der Waals surface area contributed by atoms with Gasteiger partial charge in [0.15, 0.2) is 5.78 Å². The van der Waals surface area contributed by atoms with Crippen LogP contribution in [0.25, 0.3) is 0 Å². The molecule has 0 N–H and O–H groups in total. The third-order valence-corrected chi connectivity index (χ3v) is 7.28. The summed E-state index contributed by atoms with van der Waals surface area (Å²) in [6, 6.07) is 3.41. The van der Waals surface area contributed by atoms with Crippen molar-refractivity contribution in [3.05, 3.63) is 45.3 Å². The second kappa shape index (κ2) is 9.09. The molecule has 0 radical (unpaired) electrons. The van der Waals surface area contributed by atoms with Crippen molar-refractivity contribution in [1.29, 1.82) is 0 Å². The molecule has 2 fully saturated rings. The molecule has 5 rings (SSSR count). The van der Waals surface area contributed by atoms with E-state index in [1.807, 2.05) is 23.7 Å². The van der Waals surface area contributed by atoms with Gasteiger partial charge in [-0.05, 0) is 12.0 Å². The van der Waals surface area contributed by atoms with E-state index >= 15 is 0 Å². The van der Waals surface area contributed by atoms with Crippen LogP contribution in [-0.2, 0) is 34.0 Å². The average Bonchev–Trinajstić information content (AvgIpc) is 3.34. The van der Waals surface area contributed by atoms with E-state index in [0.717, 1.165) is 48.9 Å². The summed E-state index contributed by atoms with van der Waals surface area (Å²) in [7, 11) is 0. The number of pyridine rings is 1. The Hall–Kier alpha value is -2.62. The summed E-state index contributed by atoms with van der Waals surface area (Å²) in [6.45, 7) is 4.97. The highest BCUT2D eigenvalue weighted by molar-refractivity contribution is 7.10. The molecule has 0 bridgehead atoms. The van der Waals surface area contributed by atoms with Gasteiger partial charge < -0.3 is 14.4 Å². The smallest absolute Gasteiger partial charge is 0.255 e. The van der Waals surface area contributed by atoms with Gasteiger partial charge >= 0.3 is 0 Å². The van der Waals surface area contributed by atoms with Gasteiger partial charge in [-0.2, -0.15) is 0 Å². The molecule has 2 aromatic rings. The van der Waals surface area contributed by atoms with Crippen LogP contribution in [0.15, 0.2) is 23.7 Å². The summed E-state index contributed by atoms with van der Waals surface area (Å²) in [5.74, 6) is 0.230. The van der Waals surface area contributed by atoms with Crippen molar-refractivity contribution in [1.82, 2.24) is 14.8 Å². The van der Waals surface area contributed by atoms with Gasteiger partial charge in [0.1, 0.15) is 12.4 Å². The second-order valence-electron chi connectivity index (χ2n) is 8.40. The van der Waals surface area contributed by atoms with Crippen molar-refractivity contribution < 1.29 is 23.9 Å². The Bertz CT molecular complexity index is 1030. The average molecular weight is 456 g/mol. The quantitative estimate of drug-likeness (QED) is 0.617. The van der Waals surface area contributed by atoms with Crippen LogP contribution < -0.4 is 4.74 Å². The number of Topliss-reactive ketones (excluding diaryl/α,β-unsaturated/α-hetero) is 2. The first-order valence-electron chi connectivity index (χ1n) is 10.9. The molecule has 8 nitrogen and oxygen atoms in total. The molecule has 3 aliphatic rings. The van der Waals surface area contributed by atoms with Crippen molar-refractivity contribution in [2.45, 2.75) is 45.0 Å². The minimum Gasteiger partial charge on any atom is -0.472 e. The van der Waals surface area contributed by atoms with Crippen molar-refractivity contribution >= 4 is 28.8 Å². The van der Waals surface area contributed by atoms with Crippen molar-refractivity contribution in [2.24, 2.45) is 0 Å². The number of rotatable bonds is 6.